The molecule has 0 saturated carbocycles. The average Bonchev–Trinajstić information content (AvgIpc) is 3.44. The first-order valence-electron chi connectivity index (χ1n) is 9.06. The molecule has 1 aliphatic carbocycles. The van der Waals surface area contributed by atoms with E-state index >= 15 is 0 Å². The number of furan rings is 1. The number of amides is 1. The number of aromatic hydroxyl groups is 1. The van der Waals surface area contributed by atoms with Gasteiger partial charge in [0.1, 0.15) is 11.3 Å². The van der Waals surface area contributed by atoms with E-state index in [1.54, 1.807) is 23.6 Å². The smallest absolute Gasteiger partial charge is 0.339 e. The van der Waals surface area contributed by atoms with Gasteiger partial charge in [0.15, 0.2) is 16.3 Å². The van der Waals surface area contributed by atoms with Crippen molar-refractivity contribution in [2.45, 2.75) is 12.8 Å². The van der Waals surface area contributed by atoms with Gasteiger partial charge in [-0.3, -0.25) is 4.79 Å². The maximum Gasteiger partial charge on any atom is 0.339 e. The van der Waals surface area contributed by atoms with Crippen molar-refractivity contribution in [3.8, 4) is 16.4 Å². The molecular weight excluding hydrogens is 424 g/mol. The molecule has 0 unspecified atom stereocenters. The van der Waals surface area contributed by atoms with Crippen LogP contribution in [0.5, 0.6) is 5.75 Å². The Morgan fingerprint density at radius 1 is 1.20 bits per heavy atom. The molecule has 30 heavy (non-hydrogen) atoms. The van der Waals surface area contributed by atoms with E-state index in [-0.39, 0.29) is 27.6 Å². The average molecular weight is 438 g/mol. The number of benzene rings is 1. The highest BCUT2D eigenvalue weighted by Crippen LogP contribution is 2.40. The second-order valence-electron chi connectivity index (χ2n) is 6.67. The van der Waals surface area contributed by atoms with Crippen molar-refractivity contribution in [1.29, 1.82) is 0 Å². The fourth-order valence-electron chi connectivity index (χ4n) is 3.35. The number of aromatic carboxylic acids is 1. The van der Waals surface area contributed by atoms with Gasteiger partial charge in [0.25, 0.3) is 5.91 Å². The summed E-state index contributed by atoms with van der Waals surface area (Å²) in [5.74, 6) is -1.36. The number of phenolic OH excluding ortho intramolecular Hbond substituents is 1. The van der Waals surface area contributed by atoms with E-state index in [2.05, 4.69) is 10.3 Å². The van der Waals surface area contributed by atoms with Crippen LogP contribution in [0.2, 0.25) is 0 Å². The number of hydrogen-bond donors (Lipinski definition) is 3. The standard InChI is InChI=1S/C21H14N2O5S2/c24-13-6-3-4-10-8-14(28-17(10)13)18-16(21(26)27)12(9-29-18)22-19(25)20-23-11-5-1-2-7-15(11)30-20/h3-9,24H,1-2H2,(H,22,25)(H,26,27). The molecule has 5 rings (SSSR count). The van der Waals surface area contributed by atoms with Crippen molar-refractivity contribution in [3.05, 3.63) is 50.1 Å². The lowest BCUT2D eigenvalue weighted by Crippen LogP contribution is -2.23. The van der Waals surface area contributed by atoms with Gasteiger partial charge in [0.05, 0.1) is 20.4 Å². The number of anilines is 1. The Morgan fingerprint density at radius 3 is 2.80 bits per heavy atom. The van der Waals surface area contributed by atoms with E-state index in [1.165, 1.54) is 17.4 Å². The van der Waals surface area contributed by atoms with Crippen molar-refractivity contribution < 1.29 is 24.2 Å². The molecule has 0 saturated heterocycles. The number of carbonyl (C=O) groups excluding carboxylic acids is 1. The molecule has 0 fully saturated rings. The Morgan fingerprint density at radius 2 is 2.03 bits per heavy atom. The summed E-state index contributed by atoms with van der Waals surface area (Å²) in [6.45, 7) is 0. The van der Waals surface area contributed by atoms with Crippen molar-refractivity contribution in [1.82, 2.24) is 4.98 Å². The largest absolute Gasteiger partial charge is 0.504 e. The number of carboxylic acid groups (broad SMARTS) is 1. The molecule has 150 valence electrons. The zero-order chi connectivity index (χ0) is 20.8. The SMILES string of the molecule is O=C(Nc1csc(-c2cc3cccc(O)c3o2)c1C(=O)O)c1nc2c(s1)=CCCC=2. The van der Waals surface area contributed by atoms with Crippen molar-refractivity contribution >= 4 is 63.4 Å². The number of carbonyl (C=O) groups is 2. The normalized spacial score (nSPS) is 12.8. The minimum absolute atomic E-state index is 0.0259. The van der Waals surface area contributed by atoms with Crippen molar-refractivity contribution in [2.75, 3.05) is 5.32 Å². The topological polar surface area (TPSA) is 113 Å². The minimum Gasteiger partial charge on any atom is -0.504 e. The third-order valence-electron chi connectivity index (χ3n) is 4.71. The van der Waals surface area contributed by atoms with Crippen LogP contribution < -0.4 is 15.2 Å². The monoisotopic (exact) mass is 438 g/mol. The second kappa shape index (κ2) is 7.12. The molecule has 1 amide bonds. The summed E-state index contributed by atoms with van der Waals surface area (Å²) >= 11 is 2.43. The Balaban J connectivity index is 1.53. The van der Waals surface area contributed by atoms with Gasteiger partial charge in [-0.2, -0.15) is 0 Å². The number of hydrogen-bond acceptors (Lipinski definition) is 7. The molecule has 3 N–H and O–H groups in total. The quantitative estimate of drug-likeness (QED) is 0.449. The highest BCUT2D eigenvalue weighted by molar-refractivity contribution is 7.14. The highest BCUT2D eigenvalue weighted by atomic mass is 32.1. The van der Waals surface area contributed by atoms with E-state index in [1.807, 2.05) is 12.2 Å². The summed E-state index contributed by atoms with van der Waals surface area (Å²) in [5, 5.41) is 25.7. The van der Waals surface area contributed by atoms with Gasteiger partial charge in [-0.15, -0.1) is 22.7 Å². The molecule has 1 aromatic carbocycles. The fraction of sp³-hybridized carbons (Fsp3) is 0.0952. The van der Waals surface area contributed by atoms with Crippen molar-refractivity contribution in [2.24, 2.45) is 0 Å². The molecule has 0 spiro atoms. The number of carboxylic acids is 1. The first kappa shape index (κ1) is 18.6. The number of aromatic nitrogens is 1. The number of fused-ring (bicyclic) bond motifs is 2. The van der Waals surface area contributed by atoms with Crippen LogP contribution in [0.15, 0.2) is 34.1 Å². The summed E-state index contributed by atoms with van der Waals surface area (Å²) in [4.78, 5) is 29.4. The first-order valence-corrected chi connectivity index (χ1v) is 10.8. The van der Waals surface area contributed by atoms with Crippen LogP contribution in [0.25, 0.3) is 33.8 Å². The van der Waals surface area contributed by atoms with Gasteiger partial charge in [0, 0.05) is 10.8 Å². The Bertz CT molecular complexity index is 1410. The molecule has 0 atom stereocenters. The van der Waals surface area contributed by atoms with E-state index in [0.717, 1.165) is 34.1 Å². The lowest BCUT2D eigenvalue weighted by Gasteiger charge is -2.03. The molecule has 0 aliphatic heterocycles. The molecule has 4 aromatic rings. The van der Waals surface area contributed by atoms with Crippen LogP contribution in [0, 0.1) is 0 Å². The van der Waals surface area contributed by atoms with Gasteiger partial charge in [-0.25, -0.2) is 9.78 Å². The summed E-state index contributed by atoms with van der Waals surface area (Å²) in [6.07, 6.45) is 5.85. The molecular formula is C21H14N2O5S2. The van der Waals surface area contributed by atoms with Crippen molar-refractivity contribution in [3.63, 3.8) is 0 Å². The zero-order valence-corrected chi connectivity index (χ0v) is 17.0. The fourth-order valence-corrected chi connectivity index (χ4v) is 5.22. The maximum atomic E-state index is 12.7. The first-order chi connectivity index (χ1) is 14.5. The number of rotatable bonds is 4. The molecule has 0 radical (unpaired) electrons. The molecule has 7 nitrogen and oxygen atoms in total. The predicted molar refractivity (Wildman–Crippen MR) is 116 cm³/mol. The van der Waals surface area contributed by atoms with Crippen LogP contribution in [0.1, 0.15) is 33.0 Å². The van der Waals surface area contributed by atoms with E-state index in [4.69, 9.17) is 4.42 Å². The Labute approximate surface area is 177 Å². The third kappa shape index (κ3) is 3.08. The number of para-hydroxylation sites is 1. The molecule has 1 aliphatic rings. The molecule has 9 heteroatoms. The lowest BCUT2D eigenvalue weighted by atomic mass is 10.2. The molecule has 0 bridgehead atoms. The van der Waals surface area contributed by atoms with E-state index < -0.39 is 11.9 Å². The van der Waals surface area contributed by atoms with Gasteiger partial charge < -0.3 is 19.9 Å². The number of nitrogens with one attached hydrogen (secondary N) is 1. The van der Waals surface area contributed by atoms with Crippen LogP contribution >= 0.6 is 22.7 Å². The third-order valence-corrected chi connectivity index (χ3v) is 6.77. The van der Waals surface area contributed by atoms with Crippen LogP contribution in [-0.4, -0.2) is 27.1 Å². The van der Waals surface area contributed by atoms with Gasteiger partial charge in [0.2, 0.25) is 0 Å². The molecule has 3 aromatic heterocycles. The summed E-state index contributed by atoms with van der Waals surface area (Å²) < 4.78 is 6.66. The summed E-state index contributed by atoms with van der Waals surface area (Å²) in [7, 11) is 0. The summed E-state index contributed by atoms with van der Waals surface area (Å²) in [5.41, 5.74) is 0.397. The minimum atomic E-state index is -1.19. The van der Waals surface area contributed by atoms with Crippen LogP contribution in [-0.2, 0) is 0 Å². The number of phenols is 1. The number of thiazole rings is 1. The Kier molecular flexibility index (Phi) is 4.41. The highest BCUT2D eigenvalue weighted by Gasteiger charge is 2.25. The van der Waals surface area contributed by atoms with E-state index in [0.29, 0.717) is 16.0 Å². The Hall–Kier alpha value is -3.43. The van der Waals surface area contributed by atoms with Gasteiger partial charge in [-0.05, 0) is 25.0 Å². The van der Waals surface area contributed by atoms with Gasteiger partial charge >= 0.3 is 5.97 Å². The van der Waals surface area contributed by atoms with Gasteiger partial charge in [-0.1, -0.05) is 24.3 Å². The van der Waals surface area contributed by atoms with Crippen LogP contribution in [0.3, 0.4) is 0 Å². The summed E-state index contributed by atoms with van der Waals surface area (Å²) in [6, 6.07) is 6.60. The predicted octanol–water partition coefficient (Wildman–Crippen LogP) is 3.63. The second-order valence-corrected chi connectivity index (χ2v) is 8.58. The maximum absolute atomic E-state index is 12.7. The number of thiophene rings is 1. The van der Waals surface area contributed by atoms with Crippen LogP contribution in [0.4, 0.5) is 5.69 Å². The zero-order valence-electron chi connectivity index (χ0n) is 15.3. The van der Waals surface area contributed by atoms with E-state index in [9.17, 15) is 19.8 Å². The lowest BCUT2D eigenvalue weighted by molar-refractivity contribution is 0.0699. The number of nitrogens with zero attached hydrogens (tertiary/aromatic N) is 1. The molecule has 3 heterocycles.